The quantitative estimate of drug-likeness (QED) is 0.778. The molecule has 18 heavy (non-hydrogen) atoms. The van der Waals surface area contributed by atoms with Crippen molar-refractivity contribution < 1.29 is 9.53 Å². The first-order chi connectivity index (χ1) is 8.18. The maximum atomic E-state index is 12.2. The highest BCUT2D eigenvalue weighted by Gasteiger charge is 2.39. The number of hydrogen-bond donors (Lipinski definition) is 2. The summed E-state index contributed by atoms with van der Waals surface area (Å²) in [6.07, 6.45) is 3.74. The van der Waals surface area contributed by atoms with Crippen LogP contribution in [0.4, 0.5) is 0 Å². The topological polar surface area (TPSA) is 50.4 Å². The Morgan fingerprint density at radius 2 is 1.89 bits per heavy atom. The molecule has 4 nitrogen and oxygen atoms in total. The third-order valence-electron chi connectivity index (χ3n) is 3.92. The number of nitrogens with one attached hydrogen (secondary N) is 2. The summed E-state index contributed by atoms with van der Waals surface area (Å²) in [7, 11) is 1.64. The Morgan fingerprint density at radius 1 is 1.33 bits per heavy atom. The Labute approximate surface area is 117 Å². The van der Waals surface area contributed by atoms with Gasteiger partial charge in [-0.25, -0.2) is 0 Å². The summed E-state index contributed by atoms with van der Waals surface area (Å²) in [4.78, 5) is 12.2. The summed E-state index contributed by atoms with van der Waals surface area (Å²) >= 11 is 0. The highest BCUT2D eigenvalue weighted by Crippen LogP contribution is 2.22. The van der Waals surface area contributed by atoms with Crippen LogP contribution in [-0.2, 0) is 9.53 Å². The van der Waals surface area contributed by atoms with Gasteiger partial charge in [0, 0.05) is 13.7 Å². The number of ether oxygens (including phenoxy) is 1. The van der Waals surface area contributed by atoms with Crippen LogP contribution in [0, 0.1) is 5.92 Å². The lowest BCUT2D eigenvalue weighted by atomic mass is 9.90. The molecule has 108 valence electrons. The van der Waals surface area contributed by atoms with Crippen molar-refractivity contribution in [1.29, 1.82) is 0 Å². The van der Waals surface area contributed by atoms with Gasteiger partial charge in [0.25, 0.3) is 5.91 Å². The molecule has 0 atom stereocenters. The molecule has 1 rings (SSSR count). The van der Waals surface area contributed by atoms with Crippen LogP contribution in [0.25, 0.3) is 0 Å². The van der Waals surface area contributed by atoms with E-state index in [1.807, 2.05) is 0 Å². The summed E-state index contributed by atoms with van der Waals surface area (Å²) in [5, 5.41) is 6.31. The molecule has 0 aliphatic carbocycles. The van der Waals surface area contributed by atoms with E-state index in [1.165, 1.54) is 0 Å². The average molecular weight is 279 g/mol. The van der Waals surface area contributed by atoms with Gasteiger partial charge in [0.1, 0.15) is 5.60 Å². The van der Waals surface area contributed by atoms with Crippen molar-refractivity contribution >= 4 is 18.3 Å². The lowest BCUT2D eigenvalue weighted by Gasteiger charge is -2.35. The van der Waals surface area contributed by atoms with Crippen molar-refractivity contribution in [3.63, 3.8) is 0 Å². The van der Waals surface area contributed by atoms with E-state index in [0.717, 1.165) is 45.3 Å². The molecule has 0 bridgehead atoms. The molecule has 1 amide bonds. The van der Waals surface area contributed by atoms with Crippen LogP contribution < -0.4 is 10.6 Å². The predicted molar refractivity (Wildman–Crippen MR) is 76.2 cm³/mol. The third-order valence-corrected chi connectivity index (χ3v) is 3.92. The van der Waals surface area contributed by atoms with Crippen LogP contribution in [0.3, 0.4) is 0 Å². The number of methoxy groups -OCH3 is 1. The third kappa shape index (κ3) is 4.41. The van der Waals surface area contributed by atoms with E-state index in [4.69, 9.17) is 4.74 Å². The fourth-order valence-corrected chi connectivity index (χ4v) is 2.33. The first kappa shape index (κ1) is 17.7. The van der Waals surface area contributed by atoms with E-state index >= 15 is 0 Å². The molecular formula is C13H27ClN2O2. The molecule has 0 radical (unpaired) electrons. The Balaban J connectivity index is 0.00000289. The Bertz CT molecular complexity index is 239. The minimum absolute atomic E-state index is 0. The summed E-state index contributed by atoms with van der Waals surface area (Å²) in [5.74, 6) is 0.642. The number of rotatable bonds is 6. The second kappa shape index (κ2) is 8.73. The Kier molecular flexibility index (Phi) is 8.57. The van der Waals surface area contributed by atoms with Crippen molar-refractivity contribution in [2.75, 3.05) is 26.7 Å². The number of carbonyl (C=O) groups is 1. The molecule has 0 aromatic carbocycles. The predicted octanol–water partition coefficient (Wildman–Crippen LogP) is 1.73. The number of carbonyl (C=O) groups excluding carboxylic acids is 1. The maximum absolute atomic E-state index is 12.2. The molecule has 1 fully saturated rings. The highest BCUT2D eigenvalue weighted by atomic mass is 35.5. The number of hydrogen-bond acceptors (Lipinski definition) is 3. The summed E-state index contributed by atoms with van der Waals surface area (Å²) in [6, 6.07) is 0. The smallest absolute Gasteiger partial charge is 0.252 e. The lowest BCUT2D eigenvalue weighted by Crippen LogP contribution is -2.54. The van der Waals surface area contributed by atoms with Gasteiger partial charge < -0.3 is 15.4 Å². The minimum atomic E-state index is -0.600. The van der Waals surface area contributed by atoms with Gasteiger partial charge in [-0.1, -0.05) is 26.7 Å². The van der Waals surface area contributed by atoms with Gasteiger partial charge in [-0.15, -0.1) is 12.4 Å². The Morgan fingerprint density at radius 3 is 2.33 bits per heavy atom. The first-order valence-corrected chi connectivity index (χ1v) is 6.72. The van der Waals surface area contributed by atoms with Gasteiger partial charge in [0.05, 0.1) is 0 Å². The van der Waals surface area contributed by atoms with Crippen molar-refractivity contribution in [3.05, 3.63) is 0 Å². The van der Waals surface area contributed by atoms with E-state index in [9.17, 15) is 4.79 Å². The zero-order chi connectivity index (χ0) is 12.7. The van der Waals surface area contributed by atoms with Gasteiger partial charge in [-0.05, 0) is 31.8 Å². The first-order valence-electron chi connectivity index (χ1n) is 6.72. The zero-order valence-electron chi connectivity index (χ0n) is 11.8. The molecule has 1 heterocycles. The molecule has 0 unspecified atom stereocenters. The van der Waals surface area contributed by atoms with Crippen molar-refractivity contribution in [2.45, 2.75) is 45.1 Å². The second-order valence-corrected chi connectivity index (χ2v) is 4.84. The monoisotopic (exact) mass is 278 g/mol. The molecule has 1 aliphatic heterocycles. The normalized spacial score (nSPS) is 18.2. The van der Waals surface area contributed by atoms with Gasteiger partial charge in [0.2, 0.25) is 0 Å². The molecule has 1 saturated heterocycles. The highest BCUT2D eigenvalue weighted by molar-refractivity contribution is 5.85. The van der Waals surface area contributed by atoms with Gasteiger partial charge >= 0.3 is 0 Å². The standard InChI is InChI=1S/C13H26N2O2.ClH/c1-4-11(5-2)10-15-12(16)13(17-3)6-8-14-9-7-13;/h11,14H,4-10H2,1-3H3,(H,15,16);1H. The fraction of sp³-hybridized carbons (Fsp3) is 0.923. The molecule has 2 N–H and O–H groups in total. The molecular weight excluding hydrogens is 252 g/mol. The van der Waals surface area contributed by atoms with Crippen LogP contribution in [0.15, 0.2) is 0 Å². The van der Waals surface area contributed by atoms with Gasteiger partial charge in [0.15, 0.2) is 0 Å². The lowest BCUT2D eigenvalue weighted by molar-refractivity contribution is -0.146. The summed E-state index contributed by atoms with van der Waals surface area (Å²) in [5.41, 5.74) is -0.600. The minimum Gasteiger partial charge on any atom is -0.368 e. The van der Waals surface area contributed by atoms with Crippen molar-refractivity contribution in [2.24, 2.45) is 5.92 Å². The van der Waals surface area contributed by atoms with Crippen LogP contribution in [-0.4, -0.2) is 38.3 Å². The fourth-order valence-electron chi connectivity index (χ4n) is 2.33. The SMILES string of the molecule is CCC(CC)CNC(=O)C1(OC)CCNCC1.Cl. The van der Waals surface area contributed by atoms with E-state index in [1.54, 1.807) is 7.11 Å². The van der Waals surface area contributed by atoms with Crippen molar-refractivity contribution in [1.82, 2.24) is 10.6 Å². The average Bonchev–Trinajstić information content (AvgIpc) is 2.40. The zero-order valence-corrected chi connectivity index (χ0v) is 12.6. The van der Waals surface area contributed by atoms with Gasteiger partial charge in [-0.3, -0.25) is 4.79 Å². The van der Waals surface area contributed by atoms with Crippen molar-refractivity contribution in [3.8, 4) is 0 Å². The number of halogens is 1. The van der Waals surface area contributed by atoms with Crippen LogP contribution >= 0.6 is 12.4 Å². The Hall–Kier alpha value is -0.320. The van der Waals surface area contributed by atoms with Gasteiger partial charge in [-0.2, -0.15) is 0 Å². The largest absolute Gasteiger partial charge is 0.368 e. The van der Waals surface area contributed by atoms with E-state index in [2.05, 4.69) is 24.5 Å². The number of piperidine rings is 1. The van der Waals surface area contributed by atoms with Crippen LogP contribution in [0.5, 0.6) is 0 Å². The van der Waals surface area contributed by atoms with E-state index < -0.39 is 5.60 Å². The molecule has 5 heteroatoms. The summed E-state index contributed by atoms with van der Waals surface area (Å²) in [6.45, 7) is 6.80. The van der Waals surface area contributed by atoms with Crippen LogP contribution in [0.1, 0.15) is 39.5 Å². The molecule has 0 aromatic rings. The molecule has 0 saturated carbocycles. The molecule has 1 aliphatic rings. The number of amides is 1. The molecule has 0 aromatic heterocycles. The van der Waals surface area contributed by atoms with E-state index in [-0.39, 0.29) is 18.3 Å². The molecule has 0 spiro atoms. The van der Waals surface area contributed by atoms with Crippen LogP contribution in [0.2, 0.25) is 0 Å². The second-order valence-electron chi connectivity index (χ2n) is 4.84. The maximum Gasteiger partial charge on any atom is 0.252 e. The summed E-state index contributed by atoms with van der Waals surface area (Å²) < 4.78 is 5.49. The van der Waals surface area contributed by atoms with E-state index in [0.29, 0.717) is 5.92 Å².